The van der Waals surface area contributed by atoms with E-state index in [1.807, 2.05) is 39.0 Å². The average Bonchev–Trinajstić information content (AvgIpc) is 2.77. The van der Waals surface area contributed by atoms with Gasteiger partial charge in [0.05, 0.1) is 17.1 Å². The van der Waals surface area contributed by atoms with Gasteiger partial charge in [0.15, 0.2) is 0 Å². The second-order valence-corrected chi connectivity index (χ2v) is 8.13. The Morgan fingerprint density at radius 1 is 1.29 bits per heavy atom. The molecule has 1 heterocycles. The van der Waals surface area contributed by atoms with Crippen LogP contribution in [0.3, 0.4) is 0 Å². The predicted molar refractivity (Wildman–Crippen MR) is 87.8 cm³/mol. The van der Waals surface area contributed by atoms with Crippen molar-refractivity contribution in [3.63, 3.8) is 0 Å². The molecule has 0 saturated carbocycles. The van der Waals surface area contributed by atoms with Crippen molar-refractivity contribution in [3.05, 3.63) is 39.6 Å². The van der Waals surface area contributed by atoms with E-state index in [9.17, 15) is 8.42 Å². The third kappa shape index (κ3) is 3.17. The van der Waals surface area contributed by atoms with Crippen LogP contribution in [0.25, 0.3) is 5.69 Å². The SMILES string of the molecule is CCc1nn(-c2ccc(Br)cc2C)c(CC)c1S(=O)(=O)Cl. The number of halogens is 2. The summed E-state index contributed by atoms with van der Waals surface area (Å²) in [6.45, 7) is 5.72. The Hall–Kier alpha value is -0.850. The summed E-state index contributed by atoms with van der Waals surface area (Å²) in [4.78, 5) is 0.150. The highest BCUT2D eigenvalue weighted by Crippen LogP contribution is 2.29. The molecule has 1 aromatic carbocycles. The molecule has 0 fully saturated rings. The summed E-state index contributed by atoms with van der Waals surface area (Å²) in [6.07, 6.45) is 1.04. The minimum atomic E-state index is -3.82. The normalized spacial score (nSPS) is 11.9. The summed E-state index contributed by atoms with van der Waals surface area (Å²) in [5.41, 5.74) is 2.98. The van der Waals surface area contributed by atoms with Crippen molar-refractivity contribution in [2.24, 2.45) is 0 Å². The lowest BCUT2D eigenvalue weighted by molar-refractivity contribution is 0.607. The van der Waals surface area contributed by atoms with Crippen LogP contribution >= 0.6 is 26.6 Å². The van der Waals surface area contributed by atoms with E-state index in [1.54, 1.807) is 4.68 Å². The van der Waals surface area contributed by atoms with Gasteiger partial charge in [-0.2, -0.15) is 5.10 Å². The minimum Gasteiger partial charge on any atom is -0.236 e. The zero-order valence-corrected chi connectivity index (χ0v) is 15.2. The van der Waals surface area contributed by atoms with Crippen molar-refractivity contribution in [1.29, 1.82) is 0 Å². The van der Waals surface area contributed by atoms with Crippen LogP contribution in [0.4, 0.5) is 0 Å². The first kappa shape index (κ1) is 16.5. The van der Waals surface area contributed by atoms with Gasteiger partial charge in [0.25, 0.3) is 9.05 Å². The van der Waals surface area contributed by atoms with E-state index < -0.39 is 9.05 Å². The summed E-state index contributed by atoms with van der Waals surface area (Å²) in [5, 5.41) is 4.46. The Morgan fingerprint density at radius 2 is 1.95 bits per heavy atom. The number of hydrogen-bond donors (Lipinski definition) is 0. The van der Waals surface area contributed by atoms with E-state index in [-0.39, 0.29) is 4.90 Å². The highest BCUT2D eigenvalue weighted by Gasteiger charge is 2.26. The molecule has 0 aliphatic heterocycles. The molecule has 7 heteroatoms. The molecule has 0 atom stereocenters. The topological polar surface area (TPSA) is 52.0 Å². The predicted octanol–water partition coefficient (Wildman–Crippen LogP) is 4.00. The van der Waals surface area contributed by atoms with Gasteiger partial charge in [-0.3, -0.25) is 0 Å². The van der Waals surface area contributed by atoms with Crippen LogP contribution in [0.1, 0.15) is 30.8 Å². The van der Waals surface area contributed by atoms with Crippen molar-refractivity contribution in [3.8, 4) is 5.69 Å². The monoisotopic (exact) mass is 390 g/mol. The third-order valence-electron chi connectivity index (χ3n) is 3.30. The molecular formula is C14H16BrClN2O2S. The lowest BCUT2D eigenvalue weighted by Crippen LogP contribution is -2.05. The highest BCUT2D eigenvalue weighted by molar-refractivity contribution is 9.10. The molecule has 0 aliphatic carbocycles. The molecule has 0 aliphatic rings. The van der Waals surface area contributed by atoms with Crippen LogP contribution in [0.15, 0.2) is 27.6 Å². The van der Waals surface area contributed by atoms with Gasteiger partial charge < -0.3 is 0 Å². The average molecular weight is 392 g/mol. The van der Waals surface area contributed by atoms with E-state index in [0.717, 1.165) is 15.7 Å². The summed E-state index contributed by atoms with van der Waals surface area (Å²) in [7, 11) is 1.79. The Morgan fingerprint density at radius 3 is 2.43 bits per heavy atom. The fraction of sp³-hybridized carbons (Fsp3) is 0.357. The zero-order chi connectivity index (χ0) is 15.8. The van der Waals surface area contributed by atoms with Crippen LogP contribution in [0, 0.1) is 6.92 Å². The van der Waals surface area contributed by atoms with Crippen molar-refractivity contribution in [1.82, 2.24) is 9.78 Å². The molecule has 2 aromatic rings. The molecule has 114 valence electrons. The van der Waals surface area contributed by atoms with E-state index >= 15 is 0 Å². The van der Waals surface area contributed by atoms with Crippen molar-refractivity contribution in [2.45, 2.75) is 38.5 Å². The summed E-state index contributed by atoms with van der Waals surface area (Å²) in [6, 6.07) is 5.79. The maximum Gasteiger partial charge on any atom is 0.265 e. The number of aromatic nitrogens is 2. The molecule has 0 radical (unpaired) electrons. The quantitative estimate of drug-likeness (QED) is 0.740. The highest BCUT2D eigenvalue weighted by atomic mass is 79.9. The second-order valence-electron chi connectivity index (χ2n) is 4.71. The fourth-order valence-electron chi connectivity index (χ4n) is 2.37. The molecule has 0 spiro atoms. The number of aryl methyl sites for hydroxylation is 2. The van der Waals surface area contributed by atoms with Gasteiger partial charge in [0, 0.05) is 15.2 Å². The Bertz CT molecular complexity index is 785. The van der Waals surface area contributed by atoms with E-state index in [2.05, 4.69) is 21.0 Å². The maximum atomic E-state index is 11.9. The second kappa shape index (κ2) is 6.10. The van der Waals surface area contributed by atoms with Crippen LogP contribution in [-0.4, -0.2) is 18.2 Å². The van der Waals surface area contributed by atoms with E-state index in [4.69, 9.17) is 10.7 Å². The minimum absolute atomic E-state index is 0.150. The maximum absolute atomic E-state index is 11.9. The summed E-state index contributed by atoms with van der Waals surface area (Å²) >= 11 is 3.42. The molecule has 2 rings (SSSR count). The van der Waals surface area contributed by atoms with Crippen molar-refractivity contribution < 1.29 is 8.42 Å². The largest absolute Gasteiger partial charge is 0.265 e. The molecule has 0 bridgehead atoms. The van der Waals surface area contributed by atoms with Crippen molar-refractivity contribution in [2.75, 3.05) is 0 Å². The van der Waals surface area contributed by atoms with Gasteiger partial charge in [-0.05, 0) is 43.5 Å². The van der Waals surface area contributed by atoms with Crippen molar-refractivity contribution >= 4 is 35.7 Å². The first-order valence-corrected chi connectivity index (χ1v) is 9.71. The number of nitrogens with zero attached hydrogens (tertiary/aromatic N) is 2. The summed E-state index contributed by atoms with van der Waals surface area (Å²) < 4.78 is 26.4. The fourth-order valence-corrected chi connectivity index (χ4v) is 4.36. The first-order chi connectivity index (χ1) is 9.79. The molecule has 0 unspecified atom stereocenters. The molecule has 1 aromatic heterocycles. The molecule has 0 amide bonds. The lowest BCUT2D eigenvalue weighted by atomic mass is 10.2. The summed E-state index contributed by atoms with van der Waals surface area (Å²) in [5.74, 6) is 0. The molecule has 21 heavy (non-hydrogen) atoms. The Kier molecular flexibility index (Phi) is 4.80. The number of hydrogen-bond acceptors (Lipinski definition) is 3. The van der Waals surface area contributed by atoms with Crippen LogP contribution < -0.4 is 0 Å². The molecular weight excluding hydrogens is 376 g/mol. The third-order valence-corrected chi connectivity index (χ3v) is 5.22. The lowest BCUT2D eigenvalue weighted by Gasteiger charge is -2.10. The van der Waals surface area contributed by atoms with Gasteiger partial charge in [0.1, 0.15) is 4.90 Å². The van der Waals surface area contributed by atoms with Crippen LogP contribution in [-0.2, 0) is 21.9 Å². The van der Waals surface area contributed by atoms with Gasteiger partial charge in [0.2, 0.25) is 0 Å². The zero-order valence-electron chi connectivity index (χ0n) is 12.0. The van der Waals surface area contributed by atoms with Gasteiger partial charge in [-0.25, -0.2) is 13.1 Å². The molecule has 4 nitrogen and oxygen atoms in total. The molecule has 0 saturated heterocycles. The van der Waals surface area contributed by atoms with Gasteiger partial charge in [-0.1, -0.05) is 29.8 Å². The van der Waals surface area contributed by atoms with Gasteiger partial charge >= 0.3 is 0 Å². The first-order valence-electron chi connectivity index (χ1n) is 6.61. The molecule has 0 N–H and O–H groups in total. The van der Waals surface area contributed by atoms with E-state index in [1.165, 1.54) is 0 Å². The van der Waals surface area contributed by atoms with Crippen LogP contribution in [0.2, 0.25) is 0 Å². The Balaban J connectivity index is 2.79. The standard InChI is InChI=1S/C14H16BrClN2O2S/c1-4-11-14(21(16,19)20)12(5-2)18(17-11)13-7-6-10(15)8-9(13)3/h6-8H,4-5H2,1-3H3. The number of rotatable bonds is 4. The smallest absolute Gasteiger partial charge is 0.236 e. The van der Waals surface area contributed by atoms with Gasteiger partial charge in [-0.15, -0.1) is 0 Å². The Labute approximate surface area is 137 Å². The van der Waals surface area contributed by atoms with E-state index in [0.29, 0.717) is 24.2 Å². The number of benzene rings is 1. The van der Waals surface area contributed by atoms with Crippen LogP contribution in [0.5, 0.6) is 0 Å².